The smallest absolute Gasteiger partial charge is 0.131 e. The molecule has 1 aromatic carbocycles. The molecule has 2 rings (SSSR count). The minimum Gasteiger partial charge on any atom is -0.497 e. The zero-order valence-electron chi connectivity index (χ0n) is 11.9. The van der Waals surface area contributed by atoms with E-state index in [1.165, 1.54) is 13.2 Å². The second kappa shape index (κ2) is 6.81. The van der Waals surface area contributed by atoms with E-state index in [2.05, 4.69) is 15.7 Å². The summed E-state index contributed by atoms with van der Waals surface area (Å²) >= 11 is 1.65. The van der Waals surface area contributed by atoms with Gasteiger partial charge in [-0.3, -0.25) is 0 Å². The van der Waals surface area contributed by atoms with Crippen LogP contribution in [0.15, 0.2) is 23.6 Å². The van der Waals surface area contributed by atoms with E-state index in [4.69, 9.17) is 4.74 Å². The minimum atomic E-state index is -0.242. The van der Waals surface area contributed by atoms with Gasteiger partial charge in [0.05, 0.1) is 17.8 Å². The summed E-state index contributed by atoms with van der Waals surface area (Å²) in [7, 11) is 1.53. The summed E-state index contributed by atoms with van der Waals surface area (Å²) in [5.41, 5.74) is 1.74. The number of ether oxygens (including phenoxy) is 1. The lowest BCUT2D eigenvalue weighted by molar-refractivity contribution is 0.409. The van der Waals surface area contributed by atoms with Crippen molar-refractivity contribution in [2.24, 2.45) is 0 Å². The Bertz CT molecular complexity index is 571. The molecule has 1 aromatic heterocycles. The fourth-order valence-electron chi connectivity index (χ4n) is 2.04. The number of halogens is 1. The average molecular weight is 294 g/mol. The van der Waals surface area contributed by atoms with Gasteiger partial charge in [-0.15, -0.1) is 11.3 Å². The Hall–Kier alpha value is -1.46. The molecule has 0 aliphatic heterocycles. The summed E-state index contributed by atoms with van der Waals surface area (Å²) < 4.78 is 18.9. The van der Waals surface area contributed by atoms with Crippen molar-refractivity contribution < 1.29 is 9.13 Å². The lowest BCUT2D eigenvalue weighted by Gasteiger charge is -2.15. The maximum absolute atomic E-state index is 13.9. The Morgan fingerprint density at radius 1 is 1.45 bits per heavy atom. The molecule has 108 valence electrons. The van der Waals surface area contributed by atoms with Gasteiger partial charge in [0.1, 0.15) is 11.6 Å². The molecule has 1 heterocycles. The van der Waals surface area contributed by atoms with Crippen LogP contribution in [0.2, 0.25) is 0 Å². The quantitative estimate of drug-likeness (QED) is 0.885. The standard InChI is InChI=1S/C15H19FN2OS/c1-10(14-5-4-13(19-3)8-15(14)16)17-7-6-12-9-20-11(2)18-12/h4-5,8-10,17H,6-7H2,1-3H3. The molecule has 0 saturated heterocycles. The molecule has 0 bridgehead atoms. The molecule has 0 amide bonds. The molecule has 0 spiro atoms. The van der Waals surface area contributed by atoms with Crippen LogP contribution in [0, 0.1) is 12.7 Å². The SMILES string of the molecule is COc1ccc(C(C)NCCc2csc(C)n2)c(F)c1. The van der Waals surface area contributed by atoms with E-state index in [9.17, 15) is 4.39 Å². The van der Waals surface area contributed by atoms with E-state index in [0.29, 0.717) is 11.3 Å². The van der Waals surface area contributed by atoms with Gasteiger partial charge in [0.25, 0.3) is 0 Å². The number of thiazole rings is 1. The Balaban J connectivity index is 1.89. The maximum Gasteiger partial charge on any atom is 0.131 e. The minimum absolute atomic E-state index is 0.0411. The summed E-state index contributed by atoms with van der Waals surface area (Å²) in [4.78, 5) is 4.41. The number of aryl methyl sites for hydroxylation is 1. The van der Waals surface area contributed by atoms with Gasteiger partial charge < -0.3 is 10.1 Å². The number of hydrogen-bond donors (Lipinski definition) is 1. The van der Waals surface area contributed by atoms with Gasteiger partial charge in [-0.1, -0.05) is 6.07 Å². The zero-order valence-corrected chi connectivity index (χ0v) is 12.8. The molecule has 0 saturated carbocycles. The predicted octanol–water partition coefficient (Wildman–Crippen LogP) is 3.49. The monoisotopic (exact) mass is 294 g/mol. The Morgan fingerprint density at radius 3 is 2.85 bits per heavy atom. The van der Waals surface area contributed by atoms with Crippen LogP contribution in [0.25, 0.3) is 0 Å². The summed E-state index contributed by atoms with van der Waals surface area (Å²) in [6.07, 6.45) is 0.854. The predicted molar refractivity (Wildman–Crippen MR) is 79.9 cm³/mol. The molecule has 0 fully saturated rings. The van der Waals surface area contributed by atoms with E-state index >= 15 is 0 Å². The first-order valence-electron chi connectivity index (χ1n) is 6.58. The lowest BCUT2D eigenvalue weighted by atomic mass is 10.1. The van der Waals surface area contributed by atoms with Crippen molar-refractivity contribution in [3.05, 3.63) is 45.7 Å². The molecule has 3 nitrogen and oxygen atoms in total. The summed E-state index contributed by atoms with van der Waals surface area (Å²) in [6, 6.07) is 4.91. The number of hydrogen-bond acceptors (Lipinski definition) is 4. The molecule has 20 heavy (non-hydrogen) atoms. The molecule has 2 aromatic rings. The molecular formula is C15H19FN2OS. The normalized spacial score (nSPS) is 12.4. The largest absolute Gasteiger partial charge is 0.497 e. The van der Waals surface area contributed by atoms with Crippen molar-refractivity contribution in [3.8, 4) is 5.75 Å². The van der Waals surface area contributed by atoms with Crippen molar-refractivity contribution in [2.75, 3.05) is 13.7 Å². The summed E-state index contributed by atoms with van der Waals surface area (Å²) in [6.45, 7) is 4.73. The maximum atomic E-state index is 13.9. The first kappa shape index (κ1) is 14.9. The van der Waals surface area contributed by atoms with Crippen LogP contribution in [-0.4, -0.2) is 18.6 Å². The van der Waals surface area contributed by atoms with Crippen molar-refractivity contribution >= 4 is 11.3 Å². The van der Waals surface area contributed by atoms with Crippen LogP contribution in [-0.2, 0) is 6.42 Å². The first-order chi connectivity index (χ1) is 9.60. The number of nitrogens with zero attached hydrogens (tertiary/aromatic N) is 1. The number of methoxy groups -OCH3 is 1. The van der Waals surface area contributed by atoms with Crippen LogP contribution in [0.1, 0.15) is 29.2 Å². The molecule has 0 aliphatic rings. The highest BCUT2D eigenvalue weighted by Crippen LogP contribution is 2.21. The van der Waals surface area contributed by atoms with Gasteiger partial charge in [-0.2, -0.15) is 0 Å². The van der Waals surface area contributed by atoms with E-state index in [-0.39, 0.29) is 11.9 Å². The van der Waals surface area contributed by atoms with Crippen molar-refractivity contribution in [2.45, 2.75) is 26.3 Å². The van der Waals surface area contributed by atoms with E-state index in [1.54, 1.807) is 23.5 Å². The van der Waals surface area contributed by atoms with Gasteiger partial charge in [0.15, 0.2) is 0 Å². The fourth-order valence-corrected chi connectivity index (χ4v) is 2.68. The second-order valence-electron chi connectivity index (χ2n) is 4.67. The van der Waals surface area contributed by atoms with E-state index in [1.807, 2.05) is 13.8 Å². The van der Waals surface area contributed by atoms with E-state index < -0.39 is 0 Å². The van der Waals surface area contributed by atoms with Gasteiger partial charge in [-0.25, -0.2) is 9.37 Å². The Morgan fingerprint density at radius 2 is 2.25 bits per heavy atom. The van der Waals surface area contributed by atoms with Crippen LogP contribution in [0.5, 0.6) is 5.75 Å². The summed E-state index contributed by atoms with van der Waals surface area (Å²) in [5.74, 6) is 0.297. The van der Waals surface area contributed by atoms with Gasteiger partial charge in [0.2, 0.25) is 0 Å². The van der Waals surface area contributed by atoms with Gasteiger partial charge in [0, 0.05) is 36.0 Å². The van der Waals surface area contributed by atoms with Crippen molar-refractivity contribution in [3.63, 3.8) is 0 Å². The number of benzene rings is 1. The highest BCUT2D eigenvalue weighted by atomic mass is 32.1. The molecule has 5 heteroatoms. The van der Waals surface area contributed by atoms with Crippen LogP contribution in [0.3, 0.4) is 0 Å². The van der Waals surface area contributed by atoms with Crippen molar-refractivity contribution in [1.82, 2.24) is 10.3 Å². The number of nitrogens with one attached hydrogen (secondary N) is 1. The van der Waals surface area contributed by atoms with Gasteiger partial charge >= 0.3 is 0 Å². The highest BCUT2D eigenvalue weighted by molar-refractivity contribution is 7.09. The molecule has 1 unspecified atom stereocenters. The zero-order chi connectivity index (χ0) is 14.5. The van der Waals surface area contributed by atoms with Crippen molar-refractivity contribution in [1.29, 1.82) is 0 Å². The third-order valence-electron chi connectivity index (χ3n) is 3.17. The molecule has 0 radical (unpaired) electrons. The molecule has 1 N–H and O–H groups in total. The van der Waals surface area contributed by atoms with Gasteiger partial charge in [-0.05, 0) is 19.9 Å². The van der Waals surface area contributed by atoms with Crippen LogP contribution >= 0.6 is 11.3 Å². The highest BCUT2D eigenvalue weighted by Gasteiger charge is 2.11. The van der Waals surface area contributed by atoms with E-state index in [0.717, 1.165) is 23.7 Å². The number of aromatic nitrogens is 1. The topological polar surface area (TPSA) is 34.1 Å². The van der Waals surface area contributed by atoms with Crippen LogP contribution < -0.4 is 10.1 Å². The second-order valence-corrected chi connectivity index (χ2v) is 5.73. The Kier molecular flexibility index (Phi) is 5.09. The van der Waals surface area contributed by atoms with Crippen LogP contribution in [0.4, 0.5) is 4.39 Å². The third kappa shape index (κ3) is 3.77. The summed E-state index contributed by atoms with van der Waals surface area (Å²) in [5, 5.41) is 6.46. The molecule has 0 aliphatic carbocycles. The fraction of sp³-hybridized carbons (Fsp3) is 0.400. The molecule has 1 atom stereocenters. The number of rotatable bonds is 6. The lowest BCUT2D eigenvalue weighted by Crippen LogP contribution is -2.22. The first-order valence-corrected chi connectivity index (χ1v) is 7.46. The average Bonchev–Trinajstić information content (AvgIpc) is 2.84. The Labute approximate surface area is 122 Å². The third-order valence-corrected chi connectivity index (χ3v) is 3.99. The molecular weight excluding hydrogens is 275 g/mol.